The van der Waals surface area contributed by atoms with E-state index in [-0.39, 0.29) is 0 Å². The zero-order valence-electron chi connectivity index (χ0n) is 11.7. The third kappa shape index (κ3) is 4.58. The second kappa shape index (κ2) is 8.00. The van der Waals surface area contributed by atoms with Crippen LogP contribution in [0.25, 0.3) is 0 Å². The van der Waals surface area contributed by atoms with Crippen molar-refractivity contribution in [1.82, 2.24) is 14.9 Å². The number of nitrogens with zero attached hydrogens (tertiary/aromatic N) is 3. The van der Waals surface area contributed by atoms with Crippen LogP contribution in [0.5, 0.6) is 0 Å². The summed E-state index contributed by atoms with van der Waals surface area (Å²) in [7, 11) is 0. The van der Waals surface area contributed by atoms with E-state index in [2.05, 4.69) is 41.1 Å². The van der Waals surface area contributed by atoms with Crippen LogP contribution >= 0.6 is 0 Å². The van der Waals surface area contributed by atoms with Gasteiger partial charge in [-0.25, -0.2) is 10.8 Å². The number of nitrogens with one attached hydrogen (secondary N) is 1. The highest BCUT2D eigenvalue weighted by molar-refractivity contribution is 5.28. The van der Waals surface area contributed by atoms with Crippen LogP contribution in [-0.2, 0) is 6.54 Å². The van der Waals surface area contributed by atoms with Crippen LogP contribution < -0.4 is 11.3 Å². The lowest BCUT2D eigenvalue weighted by molar-refractivity contribution is 0.224. The van der Waals surface area contributed by atoms with Crippen molar-refractivity contribution < 1.29 is 0 Å². The predicted molar refractivity (Wildman–Crippen MR) is 74.9 cm³/mol. The summed E-state index contributed by atoms with van der Waals surface area (Å²) in [6, 6.07) is 0. The van der Waals surface area contributed by atoms with Gasteiger partial charge in [0.25, 0.3) is 0 Å². The highest BCUT2D eigenvalue weighted by atomic mass is 15.3. The molecule has 3 N–H and O–H groups in total. The molecule has 5 heteroatoms. The molecule has 1 heterocycles. The van der Waals surface area contributed by atoms with Crippen LogP contribution in [0.2, 0.25) is 0 Å². The van der Waals surface area contributed by atoms with Gasteiger partial charge in [-0.1, -0.05) is 33.6 Å². The van der Waals surface area contributed by atoms with Gasteiger partial charge in [-0.2, -0.15) is 0 Å². The van der Waals surface area contributed by atoms with E-state index in [0.29, 0.717) is 5.82 Å². The van der Waals surface area contributed by atoms with Gasteiger partial charge in [0.1, 0.15) is 0 Å². The highest BCUT2D eigenvalue weighted by Crippen LogP contribution is 2.12. The number of nitrogens with two attached hydrogens (primary N) is 1. The fourth-order valence-corrected chi connectivity index (χ4v) is 1.96. The Kier molecular flexibility index (Phi) is 6.60. The molecule has 0 fully saturated rings. The Hall–Kier alpha value is -1.20. The first kappa shape index (κ1) is 14.9. The second-order valence-electron chi connectivity index (χ2n) is 4.55. The molecule has 0 aliphatic rings. The Labute approximate surface area is 110 Å². The van der Waals surface area contributed by atoms with Crippen molar-refractivity contribution in [3.05, 3.63) is 18.1 Å². The van der Waals surface area contributed by atoms with E-state index in [0.717, 1.165) is 31.2 Å². The van der Waals surface area contributed by atoms with Crippen molar-refractivity contribution in [2.24, 2.45) is 11.8 Å². The standard InChI is InChI=1S/C13H25N5/c1-4-11(5-2)9-18(6-3)10-12-7-16-13(17-14)8-15-12/h7-8,11H,4-6,9-10,14H2,1-3H3,(H,16,17). The minimum atomic E-state index is 0.599. The van der Waals surface area contributed by atoms with E-state index >= 15 is 0 Å². The SMILES string of the molecule is CCC(CC)CN(CC)Cc1cnc(NN)cn1. The van der Waals surface area contributed by atoms with Crippen molar-refractivity contribution in [2.45, 2.75) is 40.2 Å². The van der Waals surface area contributed by atoms with Gasteiger partial charge in [-0.15, -0.1) is 0 Å². The van der Waals surface area contributed by atoms with Gasteiger partial charge >= 0.3 is 0 Å². The number of nitrogen functional groups attached to an aromatic ring is 1. The summed E-state index contributed by atoms with van der Waals surface area (Å²) in [5.41, 5.74) is 3.47. The van der Waals surface area contributed by atoms with Crippen molar-refractivity contribution in [3.63, 3.8) is 0 Å². The Balaban J connectivity index is 2.55. The van der Waals surface area contributed by atoms with Crippen LogP contribution in [0.3, 0.4) is 0 Å². The lowest BCUT2D eigenvalue weighted by atomic mass is 10.0. The van der Waals surface area contributed by atoms with Gasteiger partial charge in [0.15, 0.2) is 5.82 Å². The molecule has 5 nitrogen and oxygen atoms in total. The molecule has 0 saturated carbocycles. The molecule has 18 heavy (non-hydrogen) atoms. The molecule has 0 aliphatic heterocycles. The van der Waals surface area contributed by atoms with E-state index in [4.69, 9.17) is 5.84 Å². The van der Waals surface area contributed by atoms with Gasteiger partial charge in [0.05, 0.1) is 18.1 Å². The summed E-state index contributed by atoms with van der Waals surface area (Å²) in [5.74, 6) is 6.63. The van der Waals surface area contributed by atoms with Gasteiger partial charge < -0.3 is 5.43 Å². The van der Waals surface area contributed by atoms with Gasteiger partial charge in [-0.05, 0) is 12.5 Å². The summed E-state index contributed by atoms with van der Waals surface area (Å²) in [6.07, 6.45) is 5.91. The molecule has 0 saturated heterocycles. The molecule has 0 unspecified atom stereocenters. The van der Waals surface area contributed by atoms with Crippen molar-refractivity contribution in [3.8, 4) is 0 Å². The van der Waals surface area contributed by atoms with E-state index in [1.807, 2.05) is 0 Å². The van der Waals surface area contributed by atoms with Gasteiger partial charge in [-0.3, -0.25) is 9.88 Å². The zero-order valence-corrected chi connectivity index (χ0v) is 11.7. The van der Waals surface area contributed by atoms with E-state index in [9.17, 15) is 0 Å². The third-order valence-corrected chi connectivity index (χ3v) is 3.36. The normalized spacial score (nSPS) is 11.2. The van der Waals surface area contributed by atoms with Crippen molar-refractivity contribution in [2.75, 3.05) is 18.5 Å². The molecule has 0 aromatic carbocycles. The first-order valence-electron chi connectivity index (χ1n) is 6.73. The van der Waals surface area contributed by atoms with E-state index in [1.54, 1.807) is 12.4 Å². The van der Waals surface area contributed by atoms with E-state index in [1.165, 1.54) is 12.8 Å². The minimum absolute atomic E-state index is 0.599. The largest absolute Gasteiger partial charge is 0.307 e. The smallest absolute Gasteiger partial charge is 0.158 e. The Morgan fingerprint density at radius 1 is 1.22 bits per heavy atom. The number of aromatic nitrogens is 2. The van der Waals surface area contributed by atoms with Crippen LogP contribution in [0.15, 0.2) is 12.4 Å². The molecule has 0 atom stereocenters. The lowest BCUT2D eigenvalue weighted by Crippen LogP contribution is -2.29. The first-order valence-corrected chi connectivity index (χ1v) is 6.73. The molecule has 0 bridgehead atoms. The maximum Gasteiger partial charge on any atom is 0.158 e. The average molecular weight is 251 g/mol. The third-order valence-electron chi connectivity index (χ3n) is 3.36. The predicted octanol–water partition coefficient (Wildman–Crippen LogP) is 2.02. The monoisotopic (exact) mass is 251 g/mol. The molecule has 1 aromatic heterocycles. The molecule has 1 aromatic rings. The Morgan fingerprint density at radius 3 is 2.39 bits per heavy atom. The van der Waals surface area contributed by atoms with E-state index < -0.39 is 0 Å². The molecule has 0 spiro atoms. The molecule has 1 rings (SSSR count). The molecular formula is C13H25N5. The quantitative estimate of drug-likeness (QED) is 0.546. The summed E-state index contributed by atoms with van der Waals surface area (Å²) in [5, 5.41) is 0. The zero-order chi connectivity index (χ0) is 13.4. The molecule has 102 valence electrons. The van der Waals surface area contributed by atoms with Crippen LogP contribution in [0.4, 0.5) is 5.82 Å². The maximum atomic E-state index is 5.27. The first-order chi connectivity index (χ1) is 8.73. The lowest BCUT2D eigenvalue weighted by Gasteiger charge is -2.24. The van der Waals surface area contributed by atoms with Crippen LogP contribution in [0.1, 0.15) is 39.3 Å². The number of hydrazine groups is 1. The van der Waals surface area contributed by atoms with Gasteiger partial charge in [0.2, 0.25) is 0 Å². The number of hydrogen-bond acceptors (Lipinski definition) is 5. The Morgan fingerprint density at radius 2 is 1.94 bits per heavy atom. The summed E-state index contributed by atoms with van der Waals surface area (Å²) < 4.78 is 0. The molecule has 0 aliphatic carbocycles. The van der Waals surface area contributed by atoms with Crippen molar-refractivity contribution in [1.29, 1.82) is 0 Å². The topological polar surface area (TPSA) is 67.1 Å². The number of anilines is 1. The maximum absolute atomic E-state index is 5.27. The number of rotatable bonds is 8. The number of hydrogen-bond donors (Lipinski definition) is 2. The van der Waals surface area contributed by atoms with Crippen LogP contribution in [0, 0.1) is 5.92 Å². The fraction of sp³-hybridized carbons (Fsp3) is 0.692. The Bertz CT molecular complexity index is 321. The summed E-state index contributed by atoms with van der Waals surface area (Å²) >= 11 is 0. The summed E-state index contributed by atoms with van der Waals surface area (Å²) in [6.45, 7) is 9.71. The molecule has 0 radical (unpaired) electrons. The fourth-order valence-electron chi connectivity index (χ4n) is 1.96. The molecule has 0 amide bonds. The van der Waals surface area contributed by atoms with Crippen molar-refractivity contribution >= 4 is 5.82 Å². The summed E-state index contributed by atoms with van der Waals surface area (Å²) in [4.78, 5) is 10.9. The average Bonchev–Trinajstić information content (AvgIpc) is 2.44. The minimum Gasteiger partial charge on any atom is -0.307 e. The van der Waals surface area contributed by atoms with Gasteiger partial charge in [0, 0.05) is 13.1 Å². The molecular weight excluding hydrogens is 226 g/mol. The van der Waals surface area contributed by atoms with Crippen LogP contribution in [-0.4, -0.2) is 28.0 Å². The second-order valence-corrected chi connectivity index (χ2v) is 4.55. The highest BCUT2D eigenvalue weighted by Gasteiger charge is 2.11.